The third-order valence-corrected chi connectivity index (χ3v) is 5.09. The molecule has 0 amide bonds. The number of rotatable bonds is 5. The van der Waals surface area contributed by atoms with Crippen LogP contribution in [0.3, 0.4) is 0 Å². The van der Waals surface area contributed by atoms with E-state index < -0.39 is 0 Å². The van der Waals surface area contributed by atoms with E-state index in [0.29, 0.717) is 18.9 Å². The topological polar surface area (TPSA) is 71.2 Å². The van der Waals surface area contributed by atoms with E-state index >= 15 is 0 Å². The summed E-state index contributed by atoms with van der Waals surface area (Å²) in [5.41, 5.74) is 9.66. The molecule has 4 rings (SSSR count). The van der Waals surface area contributed by atoms with Gasteiger partial charge < -0.3 is 10.6 Å². The van der Waals surface area contributed by atoms with Crippen LogP contribution in [0.25, 0.3) is 0 Å². The Morgan fingerprint density at radius 3 is 2.21 bits per heavy atom. The molecule has 3 aromatic rings. The first kappa shape index (κ1) is 18.4. The van der Waals surface area contributed by atoms with Gasteiger partial charge in [0.05, 0.1) is 6.54 Å². The lowest BCUT2D eigenvalue weighted by Crippen LogP contribution is -2.46. The Bertz CT molecular complexity index is 902. The highest BCUT2D eigenvalue weighted by Crippen LogP contribution is 2.16. The highest BCUT2D eigenvalue weighted by atomic mass is 15.3. The number of nitrogens with zero attached hydrogens (tertiary/aromatic N) is 5. The molecule has 0 spiro atoms. The Labute approximate surface area is 166 Å². The van der Waals surface area contributed by atoms with Crippen molar-refractivity contribution in [2.45, 2.75) is 19.9 Å². The summed E-state index contributed by atoms with van der Waals surface area (Å²) in [6.45, 7) is 6.75. The average molecular weight is 374 g/mol. The van der Waals surface area contributed by atoms with Crippen molar-refractivity contribution in [3.8, 4) is 0 Å². The van der Waals surface area contributed by atoms with Crippen LogP contribution in [-0.2, 0) is 13.0 Å². The number of nitrogens with two attached hydrogens (primary N) is 1. The van der Waals surface area contributed by atoms with Crippen molar-refractivity contribution in [3.05, 3.63) is 77.4 Å². The third kappa shape index (κ3) is 4.64. The number of nitrogen functional groups attached to an aromatic ring is 1. The van der Waals surface area contributed by atoms with Crippen molar-refractivity contribution in [3.63, 3.8) is 0 Å². The number of anilines is 2. The Hall–Kier alpha value is -2.99. The molecule has 1 fully saturated rings. The van der Waals surface area contributed by atoms with E-state index in [1.54, 1.807) is 0 Å². The molecule has 0 bridgehead atoms. The molecular weight excluding hydrogens is 348 g/mol. The number of benzene rings is 2. The zero-order valence-corrected chi connectivity index (χ0v) is 16.3. The molecule has 0 atom stereocenters. The lowest BCUT2D eigenvalue weighted by molar-refractivity contribution is 0.243. The van der Waals surface area contributed by atoms with Crippen molar-refractivity contribution < 1.29 is 0 Å². The van der Waals surface area contributed by atoms with E-state index in [-0.39, 0.29) is 0 Å². The average Bonchev–Trinajstić information content (AvgIpc) is 2.71. The second-order valence-corrected chi connectivity index (χ2v) is 7.29. The molecule has 1 aromatic heterocycles. The van der Waals surface area contributed by atoms with Gasteiger partial charge in [-0.05, 0) is 24.6 Å². The molecule has 0 saturated carbocycles. The van der Waals surface area contributed by atoms with Gasteiger partial charge in [-0.25, -0.2) is 4.98 Å². The molecule has 2 aromatic carbocycles. The largest absolute Gasteiger partial charge is 0.369 e. The minimum Gasteiger partial charge on any atom is -0.369 e. The number of aromatic nitrogens is 3. The Balaban J connectivity index is 1.38. The monoisotopic (exact) mass is 374 g/mol. The molecule has 6 heteroatoms. The van der Waals surface area contributed by atoms with Gasteiger partial charge in [-0.15, -0.1) is 0 Å². The summed E-state index contributed by atoms with van der Waals surface area (Å²) in [5, 5.41) is 0. The van der Waals surface area contributed by atoms with Crippen molar-refractivity contribution >= 4 is 11.6 Å². The van der Waals surface area contributed by atoms with Crippen LogP contribution in [0.4, 0.5) is 11.6 Å². The van der Waals surface area contributed by atoms with Gasteiger partial charge in [-0.2, -0.15) is 9.97 Å². The van der Waals surface area contributed by atoms with E-state index in [1.165, 1.54) is 16.8 Å². The molecule has 0 radical (unpaired) electrons. The van der Waals surface area contributed by atoms with Gasteiger partial charge in [-0.3, -0.25) is 4.90 Å². The molecule has 0 unspecified atom stereocenters. The van der Waals surface area contributed by atoms with Crippen LogP contribution in [0.5, 0.6) is 0 Å². The fourth-order valence-electron chi connectivity index (χ4n) is 3.53. The van der Waals surface area contributed by atoms with Gasteiger partial charge in [0.2, 0.25) is 5.95 Å². The zero-order chi connectivity index (χ0) is 19.3. The predicted octanol–water partition coefficient (Wildman–Crippen LogP) is 2.68. The second kappa shape index (κ2) is 8.35. The first-order valence-electron chi connectivity index (χ1n) is 9.73. The van der Waals surface area contributed by atoms with E-state index in [1.807, 2.05) is 0 Å². The van der Waals surface area contributed by atoms with Crippen molar-refractivity contribution in [2.24, 2.45) is 0 Å². The number of piperazine rings is 1. The van der Waals surface area contributed by atoms with Gasteiger partial charge in [0.15, 0.2) is 0 Å². The summed E-state index contributed by atoms with van der Waals surface area (Å²) >= 11 is 0. The summed E-state index contributed by atoms with van der Waals surface area (Å²) in [6.07, 6.45) is 0.668. The maximum atomic E-state index is 5.95. The second-order valence-electron chi connectivity index (χ2n) is 7.29. The highest BCUT2D eigenvalue weighted by molar-refractivity contribution is 5.46. The molecular formula is C22H26N6. The summed E-state index contributed by atoms with van der Waals surface area (Å²) in [7, 11) is 0. The number of aryl methyl sites for hydroxylation is 1. The van der Waals surface area contributed by atoms with E-state index in [0.717, 1.165) is 37.8 Å². The maximum Gasteiger partial charge on any atom is 0.223 e. The number of hydrogen-bond donors (Lipinski definition) is 1. The van der Waals surface area contributed by atoms with Crippen molar-refractivity contribution in [2.75, 3.05) is 36.8 Å². The molecule has 144 valence electrons. The van der Waals surface area contributed by atoms with E-state index in [2.05, 4.69) is 86.3 Å². The van der Waals surface area contributed by atoms with E-state index in [4.69, 9.17) is 5.73 Å². The first-order chi connectivity index (χ1) is 13.7. The Morgan fingerprint density at radius 1 is 0.821 bits per heavy atom. The highest BCUT2D eigenvalue weighted by Gasteiger charge is 2.18. The molecule has 1 aliphatic rings. The molecule has 6 nitrogen and oxygen atoms in total. The van der Waals surface area contributed by atoms with Crippen LogP contribution in [0, 0.1) is 6.92 Å². The molecule has 2 heterocycles. The summed E-state index contributed by atoms with van der Waals surface area (Å²) in [6, 6.07) is 19.0. The smallest absolute Gasteiger partial charge is 0.223 e. The third-order valence-electron chi connectivity index (χ3n) is 5.09. The summed E-state index contributed by atoms with van der Waals surface area (Å²) in [4.78, 5) is 18.1. The SMILES string of the molecule is Cc1ccc(Cc2nc(N)nc(CN3CCN(c4ccccc4)CC3)n2)cc1. The molecule has 28 heavy (non-hydrogen) atoms. The van der Waals surface area contributed by atoms with Gasteiger partial charge in [0, 0.05) is 38.3 Å². The number of hydrogen-bond acceptors (Lipinski definition) is 6. The Morgan fingerprint density at radius 2 is 1.50 bits per heavy atom. The van der Waals surface area contributed by atoms with Crippen LogP contribution in [0.15, 0.2) is 54.6 Å². The van der Waals surface area contributed by atoms with Crippen LogP contribution in [0.1, 0.15) is 22.8 Å². The van der Waals surface area contributed by atoms with Gasteiger partial charge in [-0.1, -0.05) is 48.0 Å². The fraction of sp³-hybridized carbons (Fsp3) is 0.318. The maximum absolute atomic E-state index is 5.95. The molecule has 2 N–H and O–H groups in total. The fourth-order valence-corrected chi connectivity index (χ4v) is 3.53. The van der Waals surface area contributed by atoms with Crippen LogP contribution in [0.2, 0.25) is 0 Å². The van der Waals surface area contributed by atoms with Crippen molar-refractivity contribution in [1.29, 1.82) is 0 Å². The van der Waals surface area contributed by atoms with Gasteiger partial charge >= 0.3 is 0 Å². The summed E-state index contributed by atoms with van der Waals surface area (Å²) < 4.78 is 0. The Kier molecular flexibility index (Phi) is 5.48. The summed E-state index contributed by atoms with van der Waals surface area (Å²) in [5.74, 6) is 1.78. The lowest BCUT2D eigenvalue weighted by Gasteiger charge is -2.35. The lowest BCUT2D eigenvalue weighted by atomic mass is 10.1. The predicted molar refractivity (Wildman–Crippen MR) is 112 cm³/mol. The molecule has 1 saturated heterocycles. The van der Waals surface area contributed by atoms with Crippen LogP contribution in [-0.4, -0.2) is 46.0 Å². The normalized spacial score (nSPS) is 15.0. The van der Waals surface area contributed by atoms with Crippen molar-refractivity contribution in [1.82, 2.24) is 19.9 Å². The molecule has 1 aliphatic heterocycles. The minimum atomic E-state index is 0.301. The molecule has 0 aliphatic carbocycles. The zero-order valence-electron chi connectivity index (χ0n) is 16.3. The first-order valence-corrected chi connectivity index (χ1v) is 9.73. The van der Waals surface area contributed by atoms with Crippen LogP contribution < -0.4 is 10.6 Å². The van der Waals surface area contributed by atoms with Gasteiger partial charge in [0.1, 0.15) is 11.6 Å². The quantitative estimate of drug-likeness (QED) is 0.740. The van der Waals surface area contributed by atoms with Gasteiger partial charge in [0.25, 0.3) is 0 Å². The minimum absolute atomic E-state index is 0.301. The number of para-hydroxylation sites is 1. The van der Waals surface area contributed by atoms with Crippen LogP contribution >= 0.6 is 0 Å². The van der Waals surface area contributed by atoms with E-state index in [9.17, 15) is 0 Å². The standard InChI is InChI=1S/C22H26N6/c1-17-7-9-18(10-8-17)15-20-24-21(26-22(23)25-20)16-27-11-13-28(14-12-27)19-5-3-2-4-6-19/h2-10H,11-16H2,1H3,(H2,23,24,25,26).